The van der Waals surface area contributed by atoms with E-state index in [1.54, 1.807) is 0 Å². The molecule has 0 radical (unpaired) electrons. The van der Waals surface area contributed by atoms with Crippen LogP contribution in [0.1, 0.15) is 96.0 Å². The van der Waals surface area contributed by atoms with Gasteiger partial charge in [0.25, 0.3) is 10.0 Å². The summed E-state index contributed by atoms with van der Waals surface area (Å²) < 4.78 is 32.8. The average Bonchev–Trinajstić information content (AvgIpc) is 2.99. The van der Waals surface area contributed by atoms with Crippen LogP contribution in [0.5, 0.6) is 5.75 Å². The van der Waals surface area contributed by atoms with Crippen LogP contribution < -0.4 is 15.1 Å². The number of aromatic nitrogens is 1. The number of pyridine rings is 1. The molecule has 9 heteroatoms. The number of carboxylic acid groups (broad SMARTS) is 1. The highest BCUT2D eigenvalue weighted by atomic mass is 32.2. The highest BCUT2D eigenvalue weighted by Crippen LogP contribution is 2.20. The second-order valence-electron chi connectivity index (χ2n) is 11.0. The maximum Gasteiger partial charge on any atom is 0.341 e. The molecule has 0 bridgehead atoms. The van der Waals surface area contributed by atoms with Crippen LogP contribution in [-0.2, 0) is 28.3 Å². The van der Waals surface area contributed by atoms with Gasteiger partial charge < -0.3 is 14.4 Å². The van der Waals surface area contributed by atoms with Gasteiger partial charge in [-0.3, -0.25) is 0 Å². The zero-order valence-electron chi connectivity index (χ0n) is 25.2. The second-order valence-corrected chi connectivity index (χ2v) is 12.6. The number of fused-ring (bicyclic) bond motifs is 1. The molecule has 1 heterocycles. The summed E-state index contributed by atoms with van der Waals surface area (Å²) in [6.07, 6.45) is 17.9. The number of unbranched alkanes of at least 4 members (excludes halogenated alkanes) is 12. The monoisotopic (exact) mass is 597 g/mol. The SMILES string of the molecule is CCCCCCCCCCCCCCCc1cc(=NNS(=O)(=O)c2ccc(OCC(=O)O)cc2)n(C)c2ccccc12. The zero-order chi connectivity index (χ0) is 30.2. The van der Waals surface area contributed by atoms with Crippen LogP contribution in [0.2, 0.25) is 0 Å². The van der Waals surface area contributed by atoms with Gasteiger partial charge in [-0.15, -0.1) is 5.10 Å². The maximum atomic E-state index is 12.9. The van der Waals surface area contributed by atoms with Crippen molar-refractivity contribution < 1.29 is 23.1 Å². The van der Waals surface area contributed by atoms with Crippen molar-refractivity contribution in [3.05, 3.63) is 65.6 Å². The molecule has 8 nitrogen and oxygen atoms in total. The van der Waals surface area contributed by atoms with Crippen molar-refractivity contribution in [2.45, 2.75) is 102 Å². The van der Waals surface area contributed by atoms with E-state index in [4.69, 9.17) is 9.84 Å². The molecule has 0 aliphatic heterocycles. The van der Waals surface area contributed by atoms with E-state index >= 15 is 0 Å². The van der Waals surface area contributed by atoms with Gasteiger partial charge in [0.1, 0.15) is 5.75 Å². The van der Waals surface area contributed by atoms with Gasteiger partial charge in [0, 0.05) is 18.0 Å². The first-order valence-corrected chi connectivity index (χ1v) is 16.9. The molecule has 0 aliphatic carbocycles. The molecule has 0 saturated carbocycles. The molecule has 2 N–H and O–H groups in total. The Balaban J connectivity index is 1.55. The molecule has 0 unspecified atom stereocenters. The van der Waals surface area contributed by atoms with Gasteiger partial charge in [-0.2, -0.15) is 13.2 Å². The lowest BCUT2D eigenvalue weighted by Gasteiger charge is -2.12. The quantitative estimate of drug-likeness (QED) is 0.107. The van der Waals surface area contributed by atoms with E-state index < -0.39 is 22.6 Å². The third-order valence-corrected chi connectivity index (χ3v) is 8.81. The lowest BCUT2D eigenvalue weighted by molar-refractivity contribution is -0.139. The maximum absolute atomic E-state index is 12.9. The molecule has 2 aromatic carbocycles. The topological polar surface area (TPSA) is 110 Å². The predicted octanol–water partition coefficient (Wildman–Crippen LogP) is 7.07. The lowest BCUT2D eigenvalue weighted by atomic mass is 10.0. The summed E-state index contributed by atoms with van der Waals surface area (Å²) in [5, 5.41) is 14.2. The van der Waals surface area contributed by atoms with Crippen LogP contribution in [0.3, 0.4) is 0 Å². The third kappa shape index (κ3) is 10.8. The standard InChI is InChI=1S/C33H47N3O5S/c1-3-4-5-6-7-8-9-10-11-12-13-14-15-18-27-25-32(36(2)31-20-17-16-19-30(27)31)34-35-42(39,40)29-23-21-28(22-24-29)41-26-33(37)38/h16-17,19-25,35H,3-15,18,26H2,1-2H3,(H,37,38). The molecule has 1 aromatic heterocycles. The van der Waals surface area contributed by atoms with Gasteiger partial charge in [-0.05, 0) is 54.8 Å². The first-order chi connectivity index (χ1) is 20.3. The second kappa shape index (κ2) is 17.6. The van der Waals surface area contributed by atoms with E-state index in [9.17, 15) is 13.2 Å². The number of sulfonamides is 1. The number of hydrogen-bond donors (Lipinski definition) is 2. The summed E-state index contributed by atoms with van der Waals surface area (Å²) >= 11 is 0. The fourth-order valence-electron chi connectivity index (χ4n) is 5.16. The summed E-state index contributed by atoms with van der Waals surface area (Å²) in [7, 11) is -2.06. The Bertz CT molecular complexity index is 1430. The van der Waals surface area contributed by atoms with E-state index in [1.165, 1.54) is 101 Å². The number of carbonyl (C=O) groups is 1. The van der Waals surface area contributed by atoms with E-state index in [0.717, 1.165) is 29.3 Å². The van der Waals surface area contributed by atoms with Crippen LogP contribution in [0, 0.1) is 0 Å². The predicted molar refractivity (Wildman–Crippen MR) is 168 cm³/mol. The van der Waals surface area contributed by atoms with Crippen LogP contribution >= 0.6 is 0 Å². The number of nitrogens with zero attached hydrogens (tertiary/aromatic N) is 2. The first kappa shape index (κ1) is 33.2. The molecule has 0 spiro atoms. The lowest BCUT2D eigenvalue weighted by Crippen LogP contribution is -2.27. The summed E-state index contributed by atoms with van der Waals surface area (Å²) in [6, 6.07) is 15.6. The van der Waals surface area contributed by atoms with Crippen molar-refractivity contribution in [1.82, 2.24) is 9.40 Å². The molecular formula is C33H47N3O5S. The fourth-order valence-corrected chi connectivity index (χ4v) is 5.97. The summed E-state index contributed by atoms with van der Waals surface area (Å²) in [4.78, 5) is 13.0. The normalized spacial score (nSPS) is 12.1. The van der Waals surface area contributed by atoms with Crippen molar-refractivity contribution in [1.29, 1.82) is 0 Å². The number of hydrogen-bond acceptors (Lipinski definition) is 5. The number of carboxylic acids is 1. The summed E-state index contributed by atoms with van der Waals surface area (Å²) in [5.74, 6) is -0.837. The van der Waals surface area contributed by atoms with Gasteiger partial charge in [0.15, 0.2) is 12.1 Å². The van der Waals surface area contributed by atoms with Crippen molar-refractivity contribution in [2.75, 3.05) is 6.61 Å². The minimum Gasteiger partial charge on any atom is -0.482 e. The molecule has 3 aromatic rings. The molecule has 230 valence electrons. The highest BCUT2D eigenvalue weighted by molar-refractivity contribution is 7.89. The Morgan fingerprint density at radius 3 is 2.02 bits per heavy atom. The van der Waals surface area contributed by atoms with Crippen LogP contribution in [-0.4, -0.2) is 30.7 Å². The molecule has 0 atom stereocenters. The Morgan fingerprint density at radius 2 is 1.43 bits per heavy atom. The molecule has 0 amide bonds. The van der Waals surface area contributed by atoms with Gasteiger partial charge in [0.2, 0.25) is 0 Å². The number of ether oxygens (including phenoxy) is 1. The largest absolute Gasteiger partial charge is 0.482 e. The summed E-state index contributed by atoms with van der Waals surface area (Å²) in [5.41, 5.74) is 2.66. The average molecular weight is 598 g/mol. The number of benzene rings is 2. The van der Waals surface area contributed by atoms with Gasteiger partial charge in [-0.1, -0.05) is 102 Å². The van der Waals surface area contributed by atoms with E-state index in [2.05, 4.69) is 22.9 Å². The molecule has 0 aliphatic rings. The number of rotatable bonds is 20. The van der Waals surface area contributed by atoms with Gasteiger partial charge in [-0.25, -0.2) is 4.79 Å². The Kier molecular flexibility index (Phi) is 13.9. The number of para-hydroxylation sites is 1. The number of aliphatic carboxylic acids is 1. The highest BCUT2D eigenvalue weighted by Gasteiger charge is 2.14. The first-order valence-electron chi connectivity index (χ1n) is 15.4. The minimum absolute atomic E-state index is 0.00423. The minimum atomic E-state index is -3.93. The smallest absolute Gasteiger partial charge is 0.341 e. The molecule has 0 fully saturated rings. The Labute approximate surface area is 250 Å². The zero-order valence-corrected chi connectivity index (χ0v) is 26.0. The molecule has 3 rings (SSSR count). The van der Waals surface area contributed by atoms with Crippen molar-refractivity contribution >= 4 is 26.9 Å². The van der Waals surface area contributed by atoms with Gasteiger partial charge >= 0.3 is 5.97 Å². The Hall–Kier alpha value is -3.33. The van der Waals surface area contributed by atoms with Crippen molar-refractivity contribution in [2.24, 2.45) is 12.1 Å². The molecule has 42 heavy (non-hydrogen) atoms. The van der Waals surface area contributed by atoms with Crippen LogP contribution in [0.25, 0.3) is 10.9 Å². The molecular weight excluding hydrogens is 550 g/mol. The van der Waals surface area contributed by atoms with Crippen LogP contribution in [0.15, 0.2) is 64.6 Å². The van der Waals surface area contributed by atoms with E-state index in [-0.39, 0.29) is 10.6 Å². The Morgan fingerprint density at radius 1 is 0.857 bits per heavy atom. The van der Waals surface area contributed by atoms with E-state index in [1.807, 2.05) is 35.9 Å². The summed E-state index contributed by atoms with van der Waals surface area (Å²) in [6.45, 7) is 1.76. The van der Waals surface area contributed by atoms with Crippen molar-refractivity contribution in [3.8, 4) is 5.75 Å². The fraction of sp³-hybridized carbons (Fsp3) is 0.515. The number of aryl methyl sites for hydroxylation is 2. The van der Waals surface area contributed by atoms with E-state index in [0.29, 0.717) is 5.49 Å². The van der Waals surface area contributed by atoms with Gasteiger partial charge in [0.05, 0.1) is 4.90 Å². The third-order valence-electron chi connectivity index (χ3n) is 7.58. The molecule has 0 saturated heterocycles. The van der Waals surface area contributed by atoms with Crippen LogP contribution in [0.4, 0.5) is 0 Å². The number of nitrogens with one attached hydrogen (secondary N) is 1. The van der Waals surface area contributed by atoms with Crippen molar-refractivity contribution in [3.63, 3.8) is 0 Å².